The minimum Gasteiger partial charge on any atom is -0.491 e. The van der Waals surface area contributed by atoms with Gasteiger partial charge in [-0.2, -0.15) is 0 Å². The highest BCUT2D eigenvalue weighted by Crippen LogP contribution is 2.34. The van der Waals surface area contributed by atoms with Crippen molar-refractivity contribution in [3.05, 3.63) is 89.5 Å². The predicted molar refractivity (Wildman–Crippen MR) is 151 cm³/mol. The number of amides is 1. The molecule has 9 nitrogen and oxygen atoms in total. The van der Waals surface area contributed by atoms with E-state index in [1.54, 1.807) is 30.3 Å². The first-order valence-electron chi connectivity index (χ1n) is 12.1. The van der Waals surface area contributed by atoms with E-state index in [1.807, 2.05) is 26.2 Å². The molecule has 0 aliphatic carbocycles. The molecule has 202 valence electrons. The highest BCUT2D eigenvalue weighted by Gasteiger charge is 2.16. The molecule has 1 amide bonds. The van der Waals surface area contributed by atoms with Crippen LogP contribution in [0.3, 0.4) is 0 Å². The largest absolute Gasteiger partial charge is 0.491 e. The van der Waals surface area contributed by atoms with Crippen molar-refractivity contribution in [2.75, 3.05) is 43.6 Å². The van der Waals surface area contributed by atoms with Crippen molar-refractivity contribution >= 4 is 40.5 Å². The van der Waals surface area contributed by atoms with Crippen LogP contribution in [-0.2, 0) is 0 Å². The van der Waals surface area contributed by atoms with Gasteiger partial charge in [-0.05, 0) is 56.9 Å². The number of nitrogens with zero attached hydrogens (tertiary/aromatic N) is 3. The Labute approximate surface area is 230 Å². The van der Waals surface area contributed by atoms with Crippen LogP contribution in [0.4, 0.5) is 27.4 Å². The number of halogens is 2. The Morgan fingerprint density at radius 2 is 1.85 bits per heavy atom. The Hall–Kier alpha value is -4.41. The van der Waals surface area contributed by atoms with Gasteiger partial charge < -0.3 is 30.7 Å². The number of carbonyl (C=O) groups excluding carboxylic acids is 1. The van der Waals surface area contributed by atoms with Crippen LogP contribution in [0.2, 0.25) is 5.02 Å². The molecule has 0 atom stereocenters. The number of rotatable bonds is 11. The average molecular weight is 551 g/mol. The van der Waals surface area contributed by atoms with Gasteiger partial charge in [-0.25, -0.2) is 14.4 Å². The molecule has 4 N–H and O–H groups in total. The standard InChI is InChI=1S/C28H28ClFN6O3/c1-36(2)15-6-16-38-23-9-4-3-8-21(23)35-28(37)19-7-5-13-33-27(19)34-18-10-11-22(20(30)17-18)39-24-12-14-32-26(31)25(24)29/h3-5,7-14,17H,6,15-16H2,1-2H3,(H2,31,32)(H,33,34)(H,35,37). The van der Waals surface area contributed by atoms with E-state index in [-0.39, 0.29) is 33.7 Å². The lowest BCUT2D eigenvalue weighted by molar-refractivity contribution is 0.102. The van der Waals surface area contributed by atoms with Crippen LogP contribution in [-0.4, -0.2) is 48.0 Å². The molecule has 0 fully saturated rings. The van der Waals surface area contributed by atoms with Gasteiger partial charge in [-0.1, -0.05) is 23.7 Å². The van der Waals surface area contributed by atoms with Crippen molar-refractivity contribution in [2.24, 2.45) is 0 Å². The zero-order chi connectivity index (χ0) is 27.8. The highest BCUT2D eigenvalue weighted by atomic mass is 35.5. The fourth-order valence-corrected chi connectivity index (χ4v) is 3.72. The minimum atomic E-state index is -0.659. The van der Waals surface area contributed by atoms with E-state index in [4.69, 9.17) is 26.8 Å². The SMILES string of the molecule is CN(C)CCCOc1ccccc1NC(=O)c1cccnc1Nc1ccc(Oc2ccnc(N)c2Cl)c(F)c1. The Balaban J connectivity index is 1.47. The van der Waals surface area contributed by atoms with E-state index in [0.717, 1.165) is 13.0 Å². The zero-order valence-corrected chi connectivity index (χ0v) is 22.2. The van der Waals surface area contributed by atoms with E-state index >= 15 is 0 Å². The van der Waals surface area contributed by atoms with Gasteiger partial charge in [0.15, 0.2) is 17.3 Å². The van der Waals surface area contributed by atoms with Gasteiger partial charge in [-0.3, -0.25) is 4.79 Å². The lowest BCUT2D eigenvalue weighted by Crippen LogP contribution is -2.17. The fraction of sp³-hybridized carbons (Fsp3) is 0.179. The summed E-state index contributed by atoms with van der Waals surface area (Å²) in [6.45, 7) is 1.40. The maximum atomic E-state index is 14.9. The third kappa shape index (κ3) is 7.34. The number of anilines is 4. The summed E-state index contributed by atoms with van der Waals surface area (Å²) in [7, 11) is 4.00. The Kier molecular flexibility index (Phi) is 9.14. The minimum absolute atomic E-state index is 0.0609. The lowest BCUT2D eigenvalue weighted by Gasteiger charge is -2.15. The predicted octanol–water partition coefficient (Wildman–Crippen LogP) is 5.97. The van der Waals surface area contributed by atoms with Gasteiger partial charge >= 0.3 is 0 Å². The number of nitrogens with two attached hydrogens (primary N) is 1. The summed E-state index contributed by atoms with van der Waals surface area (Å²) in [5.41, 5.74) is 6.83. The summed E-state index contributed by atoms with van der Waals surface area (Å²) < 4.78 is 26.3. The monoisotopic (exact) mass is 550 g/mol. The molecule has 2 heterocycles. The third-order valence-electron chi connectivity index (χ3n) is 5.49. The van der Waals surface area contributed by atoms with Gasteiger partial charge in [0.05, 0.1) is 17.9 Å². The number of nitrogen functional groups attached to an aromatic ring is 1. The van der Waals surface area contributed by atoms with E-state index in [9.17, 15) is 9.18 Å². The number of pyridine rings is 2. The van der Waals surface area contributed by atoms with E-state index < -0.39 is 11.7 Å². The smallest absolute Gasteiger partial charge is 0.259 e. The topological polar surface area (TPSA) is 115 Å². The number of nitrogens with one attached hydrogen (secondary N) is 2. The van der Waals surface area contributed by atoms with Crippen LogP contribution in [0.5, 0.6) is 17.2 Å². The molecule has 0 saturated heterocycles. The lowest BCUT2D eigenvalue weighted by atomic mass is 10.2. The number of ether oxygens (including phenoxy) is 2. The molecule has 0 spiro atoms. The van der Waals surface area contributed by atoms with Crippen LogP contribution in [0, 0.1) is 5.82 Å². The summed E-state index contributed by atoms with van der Waals surface area (Å²) in [5, 5.41) is 5.97. The molecule has 0 aliphatic heterocycles. The molecule has 0 saturated carbocycles. The van der Waals surface area contributed by atoms with Gasteiger partial charge in [0.1, 0.15) is 22.4 Å². The molecule has 4 aromatic rings. The second-order valence-corrected chi connectivity index (χ2v) is 9.11. The number of hydrogen-bond acceptors (Lipinski definition) is 8. The Morgan fingerprint density at radius 3 is 2.64 bits per heavy atom. The van der Waals surface area contributed by atoms with E-state index in [1.165, 1.54) is 30.6 Å². The molecular formula is C28H28ClFN6O3. The van der Waals surface area contributed by atoms with Crippen molar-refractivity contribution < 1.29 is 18.7 Å². The normalized spacial score (nSPS) is 10.8. The maximum Gasteiger partial charge on any atom is 0.259 e. The number of aromatic nitrogens is 2. The van der Waals surface area contributed by atoms with Crippen molar-refractivity contribution in [3.8, 4) is 17.2 Å². The van der Waals surface area contributed by atoms with Crippen molar-refractivity contribution in [3.63, 3.8) is 0 Å². The van der Waals surface area contributed by atoms with Crippen molar-refractivity contribution in [2.45, 2.75) is 6.42 Å². The number of benzene rings is 2. The summed E-state index contributed by atoms with van der Waals surface area (Å²) in [5.74, 6) is -0.0564. The summed E-state index contributed by atoms with van der Waals surface area (Å²) in [6.07, 6.45) is 3.79. The number of hydrogen-bond donors (Lipinski definition) is 3. The summed E-state index contributed by atoms with van der Waals surface area (Å²) in [4.78, 5) is 23.4. The second kappa shape index (κ2) is 12.9. The first-order chi connectivity index (χ1) is 18.8. The molecule has 0 radical (unpaired) electrons. The van der Waals surface area contributed by atoms with Crippen LogP contribution in [0.1, 0.15) is 16.8 Å². The first-order valence-corrected chi connectivity index (χ1v) is 12.5. The Bertz CT molecular complexity index is 1450. The average Bonchev–Trinajstić information content (AvgIpc) is 2.91. The van der Waals surface area contributed by atoms with Gasteiger partial charge in [0, 0.05) is 36.8 Å². The number of carbonyl (C=O) groups is 1. The molecule has 0 bridgehead atoms. The van der Waals surface area contributed by atoms with Crippen molar-refractivity contribution in [1.29, 1.82) is 0 Å². The van der Waals surface area contributed by atoms with E-state index in [0.29, 0.717) is 23.7 Å². The quantitative estimate of drug-likeness (QED) is 0.196. The van der Waals surface area contributed by atoms with Crippen LogP contribution in [0.25, 0.3) is 0 Å². The van der Waals surface area contributed by atoms with Gasteiger partial charge in [-0.15, -0.1) is 0 Å². The van der Waals surface area contributed by atoms with Crippen LogP contribution < -0.4 is 25.8 Å². The number of para-hydroxylation sites is 2. The molecule has 0 aliphatic rings. The molecule has 0 unspecified atom stereocenters. The molecule has 39 heavy (non-hydrogen) atoms. The first kappa shape index (κ1) is 27.6. The van der Waals surface area contributed by atoms with E-state index in [2.05, 4.69) is 25.5 Å². The maximum absolute atomic E-state index is 14.9. The Morgan fingerprint density at radius 1 is 1.03 bits per heavy atom. The molecule has 2 aromatic heterocycles. The van der Waals surface area contributed by atoms with Crippen LogP contribution in [0.15, 0.2) is 73.1 Å². The second-order valence-electron chi connectivity index (χ2n) is 8.74. The van der Waals surface area contributed by atoms with Crippen molar-refractivity contribution in [1.82, 2.24) is 14.9 Å². The summed E-state index contributed by atoms with van der Waals surface area (Å²) in [6, 6.07) is 16.2. The molecule has 4 rings (SSSR count). The fourth-order valence-electron chi connectivity index (χ4n) is 3.57. The summed E-state index contributed by atoms with van der Waals surface area (Å²) >= 11 is 6.09. The highest BCUT2D eigenvalue weighted by molar-refractivity contribution is 6.34. The molecular weight excluding hydrogens is 523 g/mol. The van der Waals surface area contributed by atoms with Crippen LogP contribution >= 0.6 is 11.6 Å². The third-order valence-corrected chi connectivity index (χ3v) is 5.87. The van der Waals surface area contributed by atoms with Gasteiger partial charge in [0.25, 0.3) is 5.91 Å². The molecule has 11 heteroatoms. The zero-order valence-electron chi connectivity index (χ0n) is 21.4. The molecule has 2 aromatic carbocycles. The van der Waals surface area contributed by atoms with Gasteiger partial charge in [0.2, 0.25) is 0 Å².